The molecule has 1 heterocycles. The van der Waals surface area contributed by atoms with Crippen molar-refractivity contribution in [2.45, 2.75) is 10.8 Å². The van der Waals surface area contributed by atoms with Crippen molar-refractivity contribution < 1.29 is 19.1 Å². The fourth-order valence-electron chi connectivity index (χ4n) is 9.53. The molecule has 3 aliphatic rings. The van der Waals surface area contributed by atoms with E-state index in [2.05, 4.69) is 24.3 Å². The van der Waals surface area contributed by atoms with Gasteiger partial charge in [-0.1, -0.05) is 140 Å². The number of carbonyl (C=O) groups is 3. The van der Waals surface area contributed by atoms with Crippen LogP contribution in [0, 0.1) is 11.8 Å². The lowest BCUT2D eigenvalue weighted by molar-refractivity contribution is -0.130. The van der Waals surface area contributed by atoms with Gasteiger partial charge in [0.1, 0.15) is 5.75 Å². The minimum absolute atomic E-state index is 0.121. The maximum absolute atomic E-state index is 16.1. The van der Waals surface area contributed by atoms with Crippen LogP contribution in [0.5, 0.6) is 11.5 Å². The van der Waals surface area contributed by atoms with Gasteiger partial charge in [-0.3, -0.25) is 14.4 Å². The van der Waals surface area contributed by atoms with Crippen LogP contribution in [-0.2, 0) is 25.2 Å². The molecule has 7 aromatic rings. The number of benzene rings is 7. The number of nitrogens with zero attached hydrogens (tertiary/aromatic N) is 1. The highest BCUT2D eigenvalue weighted by Gasteiger charge is 2.82. The van der Waals surface area contributed by atoms with Crippen LogP contribution in [0.3, 0.4) is 0 Å². The molecular formula is C45H29NO4. The van der Waals surface area contributed by atoms with Crippen LogP contribution in [0.2, 0.25) is 0 Å². The fraction of sp³-hybridized carbons (Fsp3) is 0.0889. The summed E-state index contributed by atoms with van der Waals surface area (Å²) in [7, 11) is 0. The van der Waals surface area contributed by atoms with Gasteiger partial charge in [0.15, 0.2) is 11.5 Å². The number of ketones is 1. The summed E-state index contributed by atoms with van der Waals surface area (Å²) >= 11 is 0. The van der Waals surface area contributed by atoms with Gasteiger partial charge in [0.2, 0.25) is 11.8 Å². The molecule has 5 heteroatoms. The number of imide groups is 1. The number of fused-ring (bicyclic) bond motifs is 13. The van der Waals surface area contributed by atoms with Crippen LogP contribution in [-0.4, -0.2) is 17.6 Å². The number of hydrogen-bond donors (Lipinski definition) is 0. The summed E-state index contributed by atoms with van der Waals surface area (Å²) in [6.45, 7) is 0. The molecule has 50 heavy (non-hydrogen) atoms. The highest BCUT2D eigenvalue weighted by atomic mass is 16.5. The van der Waals surface area contributed by atoms with Gasteiger partial charge in [-0.15, -0.1) is 0 Å². The fourth-order valence-corrected chi connectivity index (χ4v) is 9.53. The third-order valence-corrected chi connectivity index (χ3v) is 11.2. The van der Waals surface area contributed by atoms with Gasteiger partial charge in [-0.2, -0.15) is 0 Å². The summed E-state index contributed by atoms with van der Waals surface area (Å²) in [5, 5.41) is 3.85. The molecule has 2 bridgehead atoms. The molecule has 5 nitrogen and oxygen atoms in total. The molecule has 2 fully saturated rings. The summed E-state index contributed by atoms with van der Waals surface area (Å²) in [5.74, 6) is -1.94. The Balaban J connectivity index is 1.34. The maximum atomic E-state index is 16.1. The summed E-state index contributed by atoms with van der Waals surface area (Å²) in [6.07, 6.45) is 0. The lowest BCUT2D eigenvalue weighted by Crippen LogP contribution is -2.45. The Bertz CT molecular complexity index is 2410. The van der Waals surface area contributed by atoms with Crippen LogP contribution >= 0.6 is 0 Å². The molecule has 0 N–H and O–H groups in total. The second-order valence-electron chi connectivity index (χ2n) is 13.4. The van der Waals surface area contributed by atoms with E-state index in [0.717, 1.165) is 32.7 Å². The van der Waals surface area contributed by atoms with Crippen molar-refractivity contribution in [3.8, 4) is 11.5 Å². The minimum Gasteiger partial charge on any atom is -0.455 e. The average molecular weight is 648 g/mol. The van der Waals surface area contributed by atoms with Gasteiger partial charge in [0, 0.05) is 0 Å². The second kappa shape index (κ2) is 10.3. The Morgan fingerprint density at radius 2 is 0.840 bits per heavy atom. The normalized spacial score (nSPS) is 23.4. The number of amides is 2. The molecule has 238 valence electrons. The Morgan fingerprint density at radius 3 is 1.34 bits per heavy atom. The molecule has 2 amide bonds. The highest BCUT2D eigenvalue weighted by molar-refractivity contribution is 6.34. The van der Waals surface area contributed by atoms with E-state index in [1.54, 1.807) is 18.2 Å². The molecule has 2 aliphatic carbocycles. The minimum atomic E-state index is -1.43. The van der Waals surface area contributed by atoms with Gasteiger partial charge >= 0.3 is 0 Å². The molecule has 0 spiro atoms. The van der Waals surface area contributed by atoms with E-state index in [1.807, 2.05) is 121 Å². The third kappa shape index (κ3) is 3.39. The van der Waals surface area contributed by atoms with Gasteiger partial charge in [-0.25, -0.2) is 4.90 Å². The molecule has 1 saturated carbocycles. The van der Waals surface area contributed by atoms with Crippen molar-refractivity contribution >= 4 is 44.8 Å². The molecule has 0 radical (unpaired) electrons. The quantitative estimate of drug-likeness (QED) is 0.138. The first kappa shape index (κ1) is 28.7. The molecule has 10 rings (SSSR count). The topological polar surface area (TPSA) is 63.7 Å². The Kier molecular flexibility index (Phi) is 5.92. The molecule has 1 saturated heterocycles. The monoisotopic (exact) mass is 647 g/mol. The first-order chi connectivity index (χ1) is 24.6. The van der Waals surface area contributed by atoms with E-state index in [1.165, 1.54) is 4.90 Å². The largest absolute Gasteiger partial charge is 0.455 e. The van der Waals surface area contributed by atoms with E-state index in [9.17, 15) is 0 Å². The summed E-state index contributed by atoms with van der Waals surface area (Å²) < 4.78 is 6.31. The van der Waals surface area contributed by atoms with E-state index in [0.29, 0.717) is 28.3 Å². The number of para-hydroxylation sites is 3. The molecule has 1 aliphatic heterocycles. The van der Waals surface area contributed by atoms with Crippen molar-refractivity contribution in [1.29, 1.82) is 0 Å². The molecular weight excluding hydrogens is 618 g/mol. The van der Waals surface area contributed by atoms with Crippen molar-refractivity contribution in [1.82, 2.24) is 0 Å². The zero-order valence-electron chi connectivity index (χ0n) is 26.8. The zero-order chi connectivity index (χ0) is 33.6. The second-order valence-corrected chi connectivity index (χ2v) is 13.4. The lowest BCUT2D eigenvalue weighted by atomic mass is 9.59. The van der Waals surface area contributed by atoms with Gasteiger partial charge in [0.25, 0.3) is 0 Å². The summed E-state index contributed by atoms with van der Waals surface area (Å²) in [4.78, 5) is 48.2. The van der Waals surface area contributed by atoms with E-state index in [4.69, 9.17) is 4.74 Å². The van der Waals surface area contributed by atoms with Crippen molar-refractivity contribution in [3.05, 3.63) is 186 Å². The number of hydrogen-bond acceptors (Lipinski definition) is 4. The summed E-state index contributed by atoms with van der Waals surface area (Å²) in [5.41, 5.74) is 0.574. The number of ether oxygens (including phenoxy) is 1. The van der Waals surface area contributed by atoms with Crippen LogP contribution < -0.4 is 9.64 Å². The van der Waals surface area contributed by atoms with Gasteiger partial charge in [-0.05, 0) is 68.1 Å². The van der Waals surface area contributed by atoms with Crippen LogP contribution in [0.15, 0.2) is 164 Å². The SMILES string of the molecule is O=C1[C@@H]2[C@H](C(=O)N1c1ccccc1Oc1ccccc1)[C@@]1(c3ccccc3)C(=O)[C@]2(c2ccccc2)c2c1c1ccccc1c1ccccc21. The van der Waals surface area contributed by atoms with Gasteiger partial charge < -0.3 is 4.74 Å². The van der Waals surface area contributed by atoms with Crippen LogP contribution in [0.1, 0.15) is 22.3 Å². The van der Waals surface area contributed by atoms with E-state index < -0.39 is 34.5 Å². The maximum Gasteiger partial charge on any atom is 0.239 e. The third-order valence-electron chi connectivity index (χ3n) is 11.2. The smallest absolute Gasteiger partial charge is 0.239 e. The first-order valence-electron chi connectivity index (χ1n) is 16.9. The predicted octanol–water partition coefficient (Wildman–Crippen LogP) is 8.76. The van der Waals surface area contributed by atoms with E-state index >= 15 is 14.4 Å². The van der Waals surface area contributed by atoms with Crippen molar-refractivity contribution in [2.75, 3.05) is 4.90 Å². The highest BCUT2D eigenvalue weighted by Crippen LogP contribution is 2.72. The van der Waals surface area contributed by atoms with Crippen LogP contribution in [0.4, 0.5) is 5.69 Å². The molecule has 0 unspecified atom stereocenters. The van der Waals surface area contributed by atoms with E-state index in [-0.39, 0.29) is 5.78 Å². The van der Waals surface area contributed by atoms with Crippen LogP contribution in [0.25, 0.3) is 21.5 Å². The lowest BCUT2D eigenvalue weighted by Gasteiger charge is -2.38. The molecule has 7 aromatic carbocycles. The van der Waals surface area contributed by atoms with Crippen molar-refractivity contribution in [3.63, 3.8) is 0 Å². The summed E-state index contributed by atoms with van der Waals surface area (Å²) in [6, 6.07) is 52.0. The zero-order valence-corrected chi connectivity index (χ0v) is 26.8. The number of rotatable bonds is 5. The first-order valence-corrected chi connectivity index (χ1v) is 16.9. The molecule has 0 aromatic heterocycles. The number of carbonyl (C=O) groups excluding carboxylic acids is 3. The average Bonchev–Trinajstić information content (AvgIpc) is 3.69. The standard InChI is InChI=1S/C45H29NO4/c47-41-39-40(42(48)46(41)35-26-14-15-27-36(35)50-30-20-8-3-9-21-30)45(29-18-6-2-7-19-29)38-34-25-13-11-23-32(34)31-22-10-12-24-33(31)37(38)44(39,43(45)49)28-16-4-1-5-17-28/h1-27,39-40H/t39-,40+,44+,45-. The number of anilines is 1. The Labute approximate surface area is 288 Å². The van der Waals surface area contributed by atoms with Gasteiger partial charge in [0.05, 0.1) is 28.4 Å². The Morgan fingerprint density at radius 1 is 0.440 bits per heavy atom. The predicted molar refractivity (Wildman–Crippen MR) is 193 cm³/mol. The number of Topliss-reactive ketones (excluding diaryl/α,β-unsaturated/α-hetero) is 1. The Hall–Kier alpha value is -6.33. The van der Waals surface area contributed by atoms with Crippen molar-refractivity contribution in [2.24, 2.45) is 11.8 Å². The molecule has 4 atom stereocenters.